The average Bonchev–Trinajstić information content (AvgIpc) is 1.92. The Morgan fingerprint density at radius 3 is 2.08 bits per heavy atom. The van der Waals surface area contributed by atoms with Crippen molar-refractivity contribution < 1.29 is 12.9 Å². The van der Waals surface area contributed by atoms with Crippen LogP contribution in [0.5, 0.6) is 0 Å². The van der Waals surface area contributed by atoms with Gasteiger partial charge in [0, 0.05) is 4.47 Å². The standard InChI is InChI=1S/C6H3BBr2F3/c8-4-1-2-6(9)5(3-4)7(10,11)12/h1-3H/q-1. The zero-order valence-corrected chi connectivity index (χ0v) is 8.87. The molecule has 66 valence electrons. The van der Waals surface area contributed by atoms with Gasteiger partial charge in [0.25, 0.3) is 0 Å². The Balaban J connectivity index is 3.23. The van der Waals surface area contributed by atoms with E-state index in [1.54, 1.807) is 6.07 Å². The van der Waals surface area contributed by atoms with E-state index in [1.807, 2.05) is 0 Å². The molecule has 0 unspecified atom stereocenters. The van der Waals surface area contributed by atoms with Crippen molar-refractivity contribution in [1.29, 1.82) is 0 Å². The summed E-state index contributed by atoms with van der Waals surface area (Å²) in [5.74, 6) is 0. The van der Waals surface area contributed by atoms with Gasteiger partial charge in [-0.2, -0.15) is 0 Å². The molecule has 0 radical (unpaired) electrons. The van der Waals surface area contributed by atoms with Crippen LogP contribution in [0.1, 0.15) is 0 Å². The van der Waals surface area contributed by atoms with Crippen LogP contribution in [-0.2, 0) is 0 Å². The molecule has 0 saturated heterocycles. The molecule has 0 N–H and O–H groups in total. The van der Waals surface area contributed by atoms with Crippen LogP contribution >= 0.6 is 31.9 Å². The van der Waals surface area contributed by atoms with Gasteiger partial charge in [-0.1, -0.05) is 43.4 Å². The van der Waals surface area contributed by atoms with Crippen LogP contribution in [0.25, 0.3) is 0 Å². The molecule has 6 heteroatoms. The van der Waals surface area contributed by atoms with Crippen LogP contribution < -0.4 is 5.46 Å². The van der Waals surface area contributed by atoms with E-state index in [1.165, 1.54) is 6.07 Å². The van der Waals surface area contributed by atoms with Crippen molar-refractivity contribution in [3.63, 3.8) is 0 Å². The average molecular weight is 303 g/mol. The molecule has 0 aliphatic heterocycles. The van der Waals surface area contributed by atoms with E-state index in [0.29, 0.717) is 4.47 Å². The van der Waals surface area contributed by atoms with Gasteiger partial charge in [-0.15, -0.1) is 0 Å². The van der Waals surface area contributed by atoms with Crippen molar-refractivity contribution in [3.05, 3.63) is 27.1 Å². The van der Waals surface area contributed by atoms with Gasteiger partial charge in [-0.3, -0.25) is 0 Å². The van der Waals surface area contributed by atoms with Gasteiger partial charge in [0.1, 0.15) is 0 Å². The Morgan fingerprint density at radius 1 is 1.08 bits per heavy atom. The molecule has 0 aliphatic rings. The minimum atomic E-state index is -4.93. The van der Waals surface area contributed by atoms with E-state index in [0.717, 1.165) is 6.07 Å². The third-order valence-corrected chi connectivity index (χ3v) is 2.53. The minimum Gasteiger partial charge on any atom is -0.445 e. The summed E-state index contributed by atoms with van der Waals surface area (Å²) in [6.07, 6.45) is 0. The summed E-state index contributed by atoms with van der Waals surface area (Å²) in [5, 5.41) is 0. The number of rotatable bonds is 1. The third-order valence-electron chi connectivity index (χ3n) is 1.31. The predicted octanol–water partition coefficient (Wildman–Crippen LogP) is 3.27. The quantitative estimate of drug-likeness (QED) is 0.699. The lowest BCUT2D eigenvalue weighted by atomic mass is 9.80. The SMILES string of the molecule is F[B-](F)(F)c1cc(Br)ccc1Br. The molecular formula is C6H3BBr2F3-. The summed E-state index contributed by atoms with van der Waals surface area (Å²) in [6.45, 7) is -4.93. The maximum Gasteiger partial charge on any atom is 0.510 e. The molecular weight excluding hydrogens is 300 g/mol. The van der Waals surface area contributed by atoms with Crippen LogP contribution in [0.2, 0.25) is 0 Å². The summed E-state index contributed by atoms with van der Waals surface area (Å²) in [5.41, 5.74) is -0.607. The third kappa shape index (κ3) is 2.26. The molecule has 0 saturated carbocycles. The molecule has 0 amide bonds. The van der Waals surface area contributed by atoms with E-state index in [9.17, 15) is 12.9 Å². The summed E-state index contributed by atoms with van der Waals surface area (Å²) in [6, 6.07) is 3.98. The Kier molecular flexibility index (Phi) is 2.88. The van der Waals surface area contributed by atoms with Crippen molar-refractivity contribution in [2.45, 2.75) is 0 Å². The lowest BCUT2D eigenvalue weighted by molar-refractivity contribution is 0.500. The zero-order chi connectivity index (χ0) is 9.35. The highest BCUT2D eigenvalue weighted by Gasteiger charge is 2.27. The number of halogens is 5. The van der Waals surface area contributed by atoms with Gasteiger partial charge >= 0.3 is 6.98 Å². The summed E-state index contributed by atoms with van der Waals surface area (Å²) < 4.78 is 37.2. The van der Waals surface area contributed by atoms with Crippen LogP contribution in [0, 0.1) is 0 Å². The number of benzene rings is 1. The van der Waals surface area contributed by atoms with Crippen molar-refractivity contribution in [3.8, 4) is 0 Å². The lowest BCUT2D eigenvalue weighted by Gasteiger charge is -2.16. The molecule has 0 nitrogen and oxygen atoms in total. The van der Waals surface area contributed by atoms with Crippen molar-refractivity contribution in [1.82, 2.24) is 0 Å². The Morgan fingerprint density at radius 2 is 1.67 bits per heavy atom. The smallest absolute Gasteiger partial charge is 0.445 e. The molecule has 0 aliphatic carbocycles. The van der Waals surface area contributed by atoms with E-state index in [4.69, 9.17) is 0 Å². The van der Waals surface area contributed by atoms with Gasteiger partial charge < -0.3 is 12.9 Å². The molecule has 0 aromatic heterocycles. The van der Waals surface area contributed by atoms with Crippen LogP contribution in [0.15, 0.2) is 27.1 Å². The van der Waals surface area contributed by atoms with Crippen LogP contribution in [-0.4, -0.2) is 6.98 Å². The molecule has 1 rings (SSSR count). The molecule has 1 aromatic carbocycles. The normalized spacial score (nSPS) is 11.8. The van der Waals surface area contributed by atoms with Gasteiger partial charge in [-0.05, 0) is 16.6 Å². The second-order valence-electron chi connectivity index (χ2n) is 2.24. The largest absolute Gasteiger partial charge is 0.510 e. The Labute approximate surface area is 84.5 Å². The van der Waals surface area contributed by atoms with Crippen molar-refractivity contribution >= 4 is 44.3 Å². The molecule has 0 bridgehead atoms. The van der Waals surface area contributed by atoms with E-state index < -0.39 is 12.4 Å². The van der Waals surface area contributed by atoms with Crippen molar-refractivity contribution in [2.75, 3.05) is 0 Å². The van der Waals surface area contributed by atoms with E-state index in [2.05, 4.69) is 31.9 Å². The molecule has 0 spiro atoms. The first-order chi connectivity index (χ1) is 5.41. The summed E-state index contributed by atoms with van der Waals surface area (Å²) in [7, 11) is 0. The first kappa shape index (κ1) is 10.1. The molecule has 12 heavy (non-hydrogen) atoms. The van der Waals surface area contributed by atoms with Crippen LogP contribution in [0.3, 0.4) is 0 Å². The topological polar surface area (TPSA) is 0 Å². The highest BCUT2D eigenvalue weighted by atomic mass is 79.9. The van der Waals surface area contributed by atoms with Gasteiger partial charge in [0.05, 0.1) is 0 Å². The monoisotopic (exact) mass is 301 g/mol. The molecule has 1 aromatic rings. The fraction of sp³-hybridized carbons (Fsp3) is 0. The Bertz CT molecular complexity index is 297. The van der Waals surface area contributed by atoms with Crippen molar-refractivity contribution in [2.24, 2.45) is 0 Å². The maximum atomic E-state index is 12.2. The second-order valence-corrected chi connectivity index (χ2v) is 4.01. The fourth-order valence-corrected chi connectivity index (χ4v) is 1.65. The van der Waals surface area contributed by atoms with E-state index in [-0.39, 0.29) is 4.47 Å². The first-order valence-corrected chi connectivity index (χ1v) is 4.65. The van der Waals surface area contributed by atoms with Crippen LogP contribution in [0.4, 0.5) is 12.9 Å². The van der Waals surface area contributed by atoms with Gasteiger partial charge in [-0.25, -0.2) is 0 Å². The minimum absolute atomic E-state index is 0.0817. The molecule has 0 fully saturated rings. The zero-order valence-electron chi connectivity index (χ0n) is 5.70. The van der Waals surface area contributed by atoms with E-state index >= 15 is 0 Å². The Hall–Kier alpha value is 0.0349. The summed E-state index contributed by atoms with van der Waals surface area (Å²) >= 11 is 5.82. The highest BCUT2D eigenvalue weighted by Crippen LogP contribution is 2.19. The molecule has 0 atom stereocenters. The number of hydrogen-bond acceptors (Lipinski definition) is 0. The maximum absolute atomic E-state index is 12.2. The second kappa shape index (κ2) is 3.42. The predicted molar refractivity (Wildman–Crippen MR) is 50.6 cm³/mol. The molecule has 0 heterocycles. The fourth-order valence-electron chi connectivity index (χ4n) is 0.765. The number of hydrogen-bond donors (Lipinski definition) is 0. The van der Waals surface area contributed by atoms with Gasteiger partial charge in [0.2, 0.25) is 0 Å². The van der Waals surface area contributed by atoms with Gasteiger partial charge in [0.15, 0.2) is 0 Å². The highest BCUT2D eigenvalue weighted by molar-refractivity contribution is 9.11. The summed E-state index contributed by atoms with van der Waals surface area (Å²) in [4.78, 5) is 0. The lowest BCUT2D eigenvalue weighted by Crippen LogP contribution is -2.35. The first-order valence-electron chi connectivity index (χ1n) is 3.06.